The van der Waals surface area contributed by atoms with Crippen LogP contribution in [0.3, 0.4) is 0 Å². The first-order chi connectivity index (χ1) is 35.0. The third-order valence-corrected chi connectivity index (χ3v) is 16.2. The number of nitrogens with zero attached hydrogens (tertiary/aromatic N) is 1. The van der Waals surface area contributed by atoms with E-state index in [1.54, 1.807) is 0 Å². The molecule has 1 heterocycles. The van der Waals surface area contributed by atoms with Crippen molar-refractivity contribution in [3.63, 3.8) is 0 Å². The van der Waals surface area contributed by atoms with Crippen LogP contribution in [0.5, 0.6) is 0 Å². The van der Waals surface area contributed by atoms with Gasteiger partial charge in [-0.25, -0.2) is 0 Å². The molecule has 0 N–H and O–H groups in total. The molecule has 0 aliphatic heterocycles. The lowest BCUT2D eigenvalue weighted by atomic mass is 9.66. The minimum Gasteiger partial charge on any atom is -0.456 e. The molecule has 0 amide bonds. The quantitative estimate of drug-likeness (QED) is 0.158. The van der Waals surface area contributed by atoms with Crippen molar-refractivity contribution < 1.29 is 4.42 Å². The lowest BCUT2D eigenvalue weighted by Crippen LogP contribution is -2.30. The van der Waals surface area contributed by atoms with E-state index in [9.17, 15) is 0 Å². The monoisotopic (exact) mass is 905 g/mol. The molecule has 4 aliphatic rings. The van der Waals surface area contributed by atoms with Crippen molar-refractivity contribution in [3.05, 3.63) is 287 Å². The average Bonchev–Trinajstić information content (AvgIpc) is 3.98. The summed E-state index contributed by atoms with van der Waals surface area (Å²) < 4.78 is 6.49. The van der Waals surface area contributed by atoms with Crippen LogP contribution in [0.1, 0.15) is 47.2 Å². The van der Waals surface area contributed by atoms with Gasteiger partial charge in [0.15, 0.2) is 0 Å². The number of fused-ring (bicyclic) bond motifs is 11. The molecule has 15 rings (SSSR count). The Morgan fingerprint density at radius 2 is 1.14 bits per heavy atom. The smallest absolute Gasteiger partial charge is 0.135 e. The zero-order valence-corrected chi connectivity index (χ0v) is 39.5. The van der Waals surface area contributed by atoms with Gasteiger partial charge in [0.1, 0.15) is 11.2 Å². The third-order valence-electron chi connectivity index (χ3n) is 16.2. The highest BCUT2D eigenvalue weighted by Crippen LogP contribution is 2.63. The van der Waals surface area contributed by atoms with Crippen LogP contribution in [0.2, 0.25) is 0 Å². The Labute approximate surface area is 413 Å². The Hall–Kier alpha value is -8.72. The van der Waals surface area contributed by atoms with Crippen LogP contribution in [0.25, 0.3) is 71.7 Å². The molecule has 11 aromatic rings. The molecular weight excluding hydrogens is 859 g/mol. The largest absolute Gasteiger partial charge is 0.456 e. The van der Waals surface area contributed by atoms with Crippen molar-refractivity contribution in [1.29, 1.82) is 0 Å². The summed E-state index contributed by atoms with van der Waals surface area (Å²) in [5.74, 6) is 0.371. The molecule has 2 heteroatoms. The molecule has 2 nitrogen and oxygen atoms in total. The number of para-hydroxylation sites is 2. The highest BCUT2D eigenvalue weighted by Gasteiger charge is 2.51. The first kappa shape index (κ1) is 40.2. The van der Waals surface area contributed by atoms with E-state index in [1.165, 1.54) is 94.3 Å². The van der Waals surface area contributed by atoms with Gasteiger partial charge in [0.25, 0.3) is 0 Å². The van der Waals surface area contributed by atoms with Crippen LogP contribution in [0.4, 0.5) is 17.1 Å². The summed E-state index contributed by atoms with van der Waals surface area (Å²) in [5.41, 5.74) is 23.7. The molecule has 0 fully saturated rings. The molecule has 0 saturated heterocycles. The van der Waals surface area contributed by atoms with E-state index in [1.807, 2.05) is 0 Å². The van der Waals surface area contributed by atoms with Crippen LogP contribution in [0, 0.1) is 5.92 Å². The molecule has 71 heavy (non-hydrogen) atoms. The number of furan rings is 1. The summed E-state index contributed by atoms with van der Waals surface area (Å²) in [6.45, 7) is 4.74. The van der Waals surface area contributed by atoms with E-state index < -0.39 is 5.41 Å². The average molecular weight is 906 g/mol. The van der Waals surface area contributed by atoms with Crippen LogP contribution >= 0.6 is 0 Å². The van der Waals surface area contributed by atoms with Crippen molar-refractivity contribution in [1.82, 2.24) is 0 Å². The van der Waals surface area contributed by atoms with Crippen molar-refractivity contribution in [2.75, 3.05) is 4.90 Å². The molecule has 4 aliphatic carbocycles. The van der Waals surface area contributed by atoms with Gasteiger partial charge in [-0.1, -0.05) is 208 Å². The maximum absolute atomic E-state index is 6.49. The Kier molecular flexibility index (Phi) is 8.43. The van der Waals surface area contributed by atoms with Crippen molar-refractivity contribution in [3.8, 4) is 33.4 Å². The second-order valence-electron chi connectivity index (χ2n) is 20.3. The summed E-state index contributed by atoms with van der Waals surface area (Å²) in [7, 11) is 0. The van der Waals surface area contributed by atoms with Crippen LogP contribution in [0.15, 0.2) is 258 Å². The number of rotatable bonds is 7. The van der Waals surface area contributed by atoms with Crippen molar-refractivity contribution in [2.24, 2.45) is 5.92 Å². The zero-order valence-electron chi connectivity index (χ0n) is 39.5. The second-order valence-corrected chi connectivity index (χ2v) is 20.3. The number of benzene rings is 10. The van der Waals surface area contributed by atoms with Gasteiger partial charge in [-0.3, -0.25) is 0 Å². The van der Waals surface area contributed by atoms with E-state index in [2.05, 4.69) is 261 Å². The summed E-state index contributed by atoms with van der Waals surface area (Å²) in [5, 5.41) is 4.73. The normalized spacial score (nSPS) is 17.7. The predicted molar refractivity (Wildman–Crippen MR) is 295 cm³/mol. The third kappa shape index (κ3) is 5.71. The van der Waals surface area contributed by atoms with Crippen LogP contribution < -0.4 is 4.90 Å². The van der Waals surface area contributed by atoms with E-state index in [0.717, 1.165) is 39.0 Å². The first-order valence-corrected chi connectivity index (χ1v) is 25.0. The van der Waals surface area contributed by atoms with Gasteiger partial charge in [0, 0.05) is 39.0 Å². The highest BCUT2D eigenvalue weighted by atomic mass is 16.3. The summed E-state index contributed by atoms with van der Waals surface area (Å²) in [6.07, 6.45) is 7.28. The maximum Gasteiger partial charge on any atom is 0.135 e. The number of hydrogen-bond acceptors (Lipinski definition) is 2. The summed E-state index contributed by atoms with van der Waals surface area (Å²) >= 11 is 0. The Balaban J connectivity index is 1.01. The molecule has 10 aromatic carbocycles. The van der Waals surface area contributed by atoms with Crippen LogP contribution in [-0.4, -0.2) is 0 Å². The summed E-state index contributed by atoms with van der Waals surface area (Å²) in [4.78, 5) is 2.53. The zero-order chi connectivity index (χ0) is 47.0. The molecule has 1 aromatic heterocycles. The van der Waals surface area contributed by atoms with Gasteiger partial charge >= 0.3 is 0 Å². The Morgan fingerprint density at radius 3 is 2.06 bits per heavy atom. The minimum absolute atomic E-state index is 0.133. The fourth-order valence-corrected chi connectivity index (χ4v) is 13.0. The second kappa shape index (κ2) is 14.9. The maximum atomic E-state index is 6.49. The van der Waals surface area contributed by atoms with Crippen LogP contribution in [-0.2, 0) is 10.8 Å². The molecule has 0 spiro atoms. The number of hydrogen-bond donors (Lipinski definition) is 0. The standard InChI is InChI=1S/C69H47NO/c1-68(2)59-29-11-8-26-55(59)66-54(28-16-30-60(66)68)52-24-9-12-31-63(52)70(48-22-14-19-44(39-48)51-27-15-18-43-17-6-7-23-50(43)51)49-35-36-56-62(42-49)69(46-20-4-3-5-21-46,61-37-33-45-40-57(45)67(56)61)47-34-38-65-58(41-47)53-25-10-13-32-64(53)71-65/h3-42,45H,1-2H3/t45-,69?/m0/s1. The Bertz CT molecular complexity index is 4150. The summed E-state index contributed by atoms with van der Waals surface area (Å²) in [6, 6.07) is 83.5. The fraction of sp³-hybridized carbons (Fsp3) is 0.0725. The van der Waals surface area contributed by atoms with E-state index in [-0.39, 0.29) is 5.41 Å². The van der Waals surface area contributed by atoms with Gasteiger partial charge in [-0.05, 0) is 137 Å². The first-order valence-electron chi connectivity index (χ1n) is 25.0. The minimum atomic E-state index is -0.634. The number of allylic oxidation sites excluding steroid dienone is 6. The predicted octanol–water partition coefficient (Wildman–Crippen LogP) is 18.1. The number of anilines is 3. The lowest BCUT2D eigenvalue weighted by molar-refractivity contribution is 0.660. The molecule has 0 bridgehead atoms. The molecular formula is C69H47NO. The van der Waals surface area contributed by atoms with E-state index in [4.69, 9.17) is 4.42 Å². The SMILES string of the molecule is CC1(C)c2ccccc2-c2c(-c3ccccc3N(c3cccc(-c4cccc5ccccc45)c3)c3ccc4c(c3)C(c3ccccc3)(c3ccc5oc6ccccc6c5c3)C3=C4C4=C[C@@H]4C=C3)cccc21. The van der Waals surface area contributed by atoms with Gasteiger partial charge in [-0.2, -0.15) is 0 Å². The van der Waals surface area contributed by atoms with Gasteiger partial charge in [0.05, 0.1) is 11.1 Å². The van der Waals surface area contributed by atoms with Crippen molar-refractivity contribution >= 4 is 55.3 Å². The van der Waals surface area contributed by atoms with E-state index >= 15 is 0 Å². The van der Waals surface area contributed by atoms with E-state index in [0.29, 0.717) is 5.92 Å². The van der Waals surface area contributed by atoms with Gasteiger partial charge in [0.2, 0.25) is 0 Å². The molecule has 0 radical (unpaired) electrons. The topological polar surface area (TPSA) is 16.4 Å². The molecule has 0 saturated carbocycles. The lowest BCUT2D eigenvalue weighted by Gasteiger charge is -2.36. The Morgan fingerprint density at radius 1 is 0.451 bits per heavy atom. The highest BCUT2D eigenvalue weighted by molar-refractivity contribution is 6.07. The molecule has 1 unspecified atom stereocenters. The molecule has 2 atom stereocenters. The fourth-order valence-electron chi connectivity index (χ4n) is 13.0. The van der Waals surface area contributed by atoms with Gasteiger partial charge < -0.3 is 9.32 Å². The van der Waals surface area contributed by atoms with Gasteiger partial charge in [-0.15, -0.1) is 0 Å². The van der Waals surface area contributed by atoms with Crippen molar-refractivity contribution in [2.45, 2.75) is 24.7 Å². The molecule has 334 valence electrons.